The molecule has 0 saturated carbocycles. The SMILES string of the molecule is CO[C@]1(C)C(c2ccccc2)=CC=CC1(COc1cc(OCc2cncc(C#N)c2)c(C=O)cc1Cl)OCCCN1CCC(O)C1. The van der Waals surface area contributed by atoms with E-state index in [0.29, 0.717) is 36.3 Å². The molecular weight excluding hydrogens is 606 g/mol. The number of aromatic nitrogens is 1. The number of benzene rings is 2. The summed E-state index contributed by atoms with van der Waals surface area (Å²) in [5, 5.41) is 19.4. The molecule has 2 aliphatic rings. The molecule has 2 aromatic carbocycles. The van der Waals surface area contributed by atoms with Crippen molar-refractivity contribution in [1.29, 1.82) is 5.26 Å². The minimum atomic E-state index is -1.07. The van der Waals surface area contributed by atoms with Crippen molar-refractivity contribution in [3.8, 4) is 17.6 Å². The number of pyridine rings is 1. The van der Waals surface area contributed by atoms with E-state index in [1.165, 1.54) is 12.3 Å². The zero-order chi connectivity index (χ0) is 32.6. The van der Waals surface area contributed by atoms with Crippen LogP contribution in [0.15, 0.2) is 79.2 Å². The van der Waals surface area contributed by atoms with Gasteiger partial charge in [0.2, 0.25) is 0 Å². The summed E-state index contributed by atoms with van der Waals surface area (Å²) >= 11 is 6.63. The number of aldehydes is 1. The van der Waals surface area contributed by atoms with Crippen LogP contribution in [-0.2, 0) is 16.1 Å². The number of aliphatic hydroxyl groups is 1. The number of rotatable bonds is 14. The number of ether oxygens (including phenoxy) is 4. The number of allylic oxidation sites excluding steroid dienone is 2. The van der Waals surface area contributed by atoms with Crippen LogP contribution in [-0.4, -0.2) is 78.5 Å². The van der Waals surface area contributed by atoms with Gasteiger partial charge in [0.15, 0.2) is 11.9 Å². The van der Waals surface area contributed by atoms with E-state index in [0.717, 1.165) is 37.1 Å². The van der Waals surface area contributed by atoms with Crippen LogP contribution in [0.3, 0.4) is 0 Å². The van der Waals surface area contributed by atoms with E-state index in [2.05, 4.69) is 16.0 Å². The topological polar surface area (TPSA) is 114 Å². The Bertz CT molecular complexity index is 1620. The molecule has 5 rings (SSSR count). The Morgan fingerprint density at radius 1 is 1.17 bits per heavy atom. The van der Waals surface area contributed by atoms with Crippen LogP contribution in [0.25, 0.3) is 5.57 Å². The smallest absolute Gasteiger partial charge is 0.153 e. The fourth-order valence-electron chi connectivity index (χ4n) is 5.94. The van der Waals surface area contributed by atoms with Crippen LogP contribution < -0.4 is 9.47 Å². The number of hydrogen-bond acceptors (Lipinski definition) is 9. The molecule has 0 bridgehead atoms. The van der Waals surface area contributed by atoms with Crippen molar-refractivity contribution < 1.29 is 28.8 Å². The molecule has 9 nitrogen and oxygen atoms in total. The van der Waals surface area contributed by atoms with Gasteiger partial charge in [-0.15, -0.1) is 0 Å². The summed E-state index contributed by atoms with van der Waals surface area (Å²) in [4.78, 5) is 18.2. The van der Waals surface area contributed by atoms with Crippen molar-refractivity contribution in [2.75, 3.05) is 40.0 Å². The summed E-state index contributed by atoms with van der Waals surface area (Å²) in [5.41, 5.74) is 1.24. The predicted molar refractivity (Wildman–Crippen MR) is 175 cm³/mol. The van der Waals surface area contributed by atoms with Gasteiger partial charge in [-0.3, -0.25) is 9.78 Å². The second-order valence-electron chi connectivity index (χ2n) is 11.6. The highest BCUT2D eigenvalue weighted by Gasteiger charge is 2.53. The van der Waals surface area contributed by atoms with Gasteiger partial charge in [-0.25, -0.2) is 0 Å². The number of halogens is 1. The number of methoxy groups -OCH3 is 1. The van der Waals surface area contributed by atoms with Crippen molar-refractivity contribution in [3.05, 3.63) is 106 Å². The molecule has 1 aliphatic carbocycles. The zero-order valence-corrected chi connectivity index (χ0v) is 26.8. The van der Waals surface area contributed by atoms with E-state index < -0.39 is 11.2 Å². The van der Waals surface area contributed by atoms with E-state index in [1.807, 2.05) is 55.5 Å². The second kappa shape index (κ2) is 15.0. The highest BCUT2D eigenvalue weighted by Crippen LogP contribution is 2.45. The molecule has 0 spiro atoms. The van der Waals surface area contributed by atoms with Crippen LogP contribution in [0.1, 0.15) is 46.8 Å². The monoisotopic (exact) mass is 643 g/mol. The van der Waals surface area contributed by atoms with E-state index in [9.17, 15) is 15.2 Å². The first-order valence-electron chi connectivity index (χ1n) is 15.2. The Kier molecular flexibility index (Phi) is 10.9. The molecule has 1 N–H and O–H groups in total. The van der Waals surface area contributed by atoms with Gasteiger partial charge in [0, 0.05) is 57.4 Å². The van der Waals surface area contributed by atoms with Crippen molar-refractivity contribution in [3.63, 3.8) is 0 Å². The molecule has 1 fully saturated rings. The van der Waals surface area contributed by atoms with Crippen LogP contribution >= 0.6 is 11.6 Å². The average Bonchev–Trinajstić information content (AvgIpc) is 3.51. The quantitative estimate of drug-likeness (QED) is 0.176. The van der Waals surface area contributed by atoms with Crippen LogP contribution in [0.2, 0.25) is 5.02 Å². The summed E-state index contributed by atoms with van der Waals surface area (Å²) < 4.78 is 25.4. The standard InChI is InChI=1S/C36H38ClN3O6/c1-35(43-2)31(28-8-4-3-5-9-28)10-6-12-36(35,46-15-7-13-40-14-11-30(42)22-40)25-45-34-18-33(29(23-41)17-32(34)37)44-24-27-16-26(19-38)20-39-21-27/h3-6,8-10,12,16-18,20-21,23,30,42H,7,11,13-15,22,24-25H2,1-2H3/t30?,35-,36?/m1/s1. The molecule has 1 aromatic heterocycles. The number of nitriles is 1. The largest absolute Gasteiger partial charge is 0.488 e. The molecule has 1 saturated heterocycles. The van der Waals surface area contributed by atoms with E-state index in [1.54, 1.807) is 25.4 Å². The maximum absolute atomic E-state index is 11.9. The van der Waals surface area contributed by atoms with Crippen molar-refractivity contribution in [2.45, 2.75) is 43.7 Å². The first-order valence-corrected chi connectivity index (χ1v) is 15.6. The molecular formula is C36H38ClN3O6. The van der Waals surface area contributed by atoms with Gasteiger partial charge in [0.25, 0.3) is 0 Å². The Labute approximate surface area is 274 Å². The molecule has 2 unspecified atom stereocenters. The number of carbonyl (C=O) groups is 1. The highest BCUT2D eigenvalue weighted by molar-refractivity contribution is 6.32. The first-order chi connectivity index (χ1) is 22.3. The van der Waals surface area contributed by atoms with Gasteiger partial charge in [0.1, 0.15) is 36.4 Å². The van der Waals surface area contributed by atoms with Crippen LogP contribution in [0, 0.1) is 11.3 Å². The third-order valence-electron chi connectivity index (χ3n) is 8.62. The van der Waals surface area contributed by atoms with Crippen molar-refractivity contribution in [2.24, 2.45) is 0 Å². The minimum Gasteiger partial charge on any atom is -0.488 e. The van der Waals surface area contributed by atoms with Crippen LogP contribution in [0.5, 0.6) is 11.5 Å². The lowest BCUT2D eigenvalue weighted by molar-refractivity contribution is -0.152. The van der Waals surface area contributed by atoms with Gasteiger partial charge < -0.3 is 29.0 Å². The Morgan fingerprint density at radius 3 is 2.72 bits per heavy atom. The zero-order valence-electron chi connectivity index (χ0n) is 26.0. The fourth-order valence-corrected chi connectivity index (χ4v) is 6.17. The van der Waals surface area contributed by atoms with Gasteiger partial charge in [-0.1, -0.05) is 54.1 Å². The molecule has 0 radical (unpaired) electrons. The molecule has 0 amide bonds. The fraction of sp³-hybridized carbons (Fsp3) is 0.361. The lowest BCUT2D eigenvalue weighted by atomic mass is 9.73. The summed E-state index contributed by atoms with van der Waals surface area (Å²) in [6.45, 7) is 4.87. The molecule has 1 aliphatic heterocycles. The Balaban J connectivity index is 1.40. The van der Waals surface area contributed by atoms with E-state index in [-0.39, 0.29) is 35.7 Å². The third-order valence-corrected chi connectivity index (χ3v) is 8.92. The number of aliphatic hydroxyl groups excluding tert-OH is 1. The van der Waals surface area contributed by atoms with Gasteiger partial charge in [-0.2, -0.15) is 5.26 Å². The first kappa shape index (κ1) is 33.3. The normalized spacial score (nSPS) is 22.7. The Hall–Kier alpha value is -4.04. The molecule has 3 aromatic rings. The molecule has 240 valence electrons. The van der Waals surface area contributed by atoms with Crippen molar-refractivity contribution >= 4 is 23.5 Å². The molecule has 10 heteroatoms. The van der Waals surface area contributed by atoms with Crippen molar-refractivity contribution in [1.82, 2.24) is 9.88 Å². The molecule has 46 heavy (non-hydrogen) atoms. The predicted octanol–water partition coefficient (Wildman–Crippen LogP) is 5.65. The maximum Gasteiger partial charge on any atom is 0.153 e. The van der Waals surface area contributed by atoms with Crippen LogP contribution in [0.4, 0.5) is 0 Å². The summed E-state index contributed by atoms with van der Waals surface area (Å²) in [6.07, 6.45) is 10.9. The third kappa shape index (κ3) is 7.33. The number of hydrogen-bond donors (Lipinski definition) is 1. The summed E-state index contributed by atoms with van der Waals surface area (Å²) in [6, 6.07) is 16.8. The molecule has 3 atom stereocenters. The number of likely N-dealkylation sites (tertiary alicyclic amines) is 1. The van der Waals surface area contributed by atoms with Gasteiger partial charge >= 0.3 is 0 Å². The van der Waals surface area contributed by atoms with Gasteiger partial charge in [-0.05, 0) is 49.1 Å². The van der Waals surface area contributed by atoms with E-state index in [4.69, 9.17) is 30.5 Å². The highest BCUT2D eigenvalue weighted by atomic mass is 35.5. The Morgan fingerprint density at radius 2 is 2.00 bits per heavy atom. The number of β-amino-alcohol motifs (C(OH)–C–C–N with tert-alkyl or cyclic N) is 1. The number of carbonyl (C=O) groups excluding carboxylic acids is 1. The summed E-state index contributed by atoms with van der Waals surface area (Å²) in [7, 11) is 1.66. The summed E-state index contributed by atoms with van der Waals surface area (Å²) in [5.74, 6) is 0.584. The van der Waals surface area contributed by atoms with E-state index >= 15 is 0 Å². The lowest BCUT2D eigenvalue weighted by Gasteiger charge is -2.48. The minimum absolute atomic E-state index is 0.0359. The maximum atomic E-state index is 11.9. The number of nitrogens with zero attached hydrogens (tertiary/aromatic N) is 3. The average molecular weight is 644 g/mol. The lowest BCUT2D eigenvalue weighted by Crippen LogP contribution is -2.59. The van der Waals surface area contributed by atoms with Gasteiger partial charge in [0.05, 0.1) is 22.3 Å². The molecule has 2 heterocycles. The second-order valence-corrected chi connectivity index (χ2v) is 12.0.